The number of rotatable bonds is 9. The molecule has 0 unspecified atom stereocenters. The Morgan fingerprint density at radius 3 is 2.29 bits per heavy atom. The van der Waals surface area contributed by atoms with Gasteiger partial charge in [0.2, 0.25) is 0 Å². The SMILES string of the molecule is Br.CCOc1cc2c(c(F)c1OCC)C(=N)N(CC(=O)c1cc(N3CCCC3)c(OC)c(C(C)(C)C)c1)C2. The van der Waals surface area contributed by atoms with Gasteiger partial charge in [-0.2, -0.15) is 0 Å². The second-order valence-corrected chi connectivity index (χ2v) is 10.6. The smallest absolute Gasteiger partial charge is 0.197 e. The minimum Gasteiger partial charge on any atom is -0.494 e. The van der Waals surface area contributed by atoms with Gasteiger partial charge >= 0.3 is 0 Å². The Labute approximate surface area is 235 Å². The van der Waals surface area contributed by atoms with Gasteiger partial charge in [-0.15, -0.1) is 17.0 Å². The van der Waals surface area contributed by atoms with Gasteiger partial charge in [-0.25, -0.2) is 4.39 Å². The van der Waals surface area contributed by atoms with Crippen LogP contribution in [0.5, 0.6) is 17.2 Å². The Morgan fingerprint density at radius 1 is 1.05 bits per heavy atom. The number of carbonyl (C=O) groups excluding carboxylic acids is 1. The van der Waals surface area contributed by atoms with Crippen molar-refractivity contribution in [3.63, 3.8) is 0 Å². The van der Waals surface area contributed by atoms with Gasteiger partial charge < -0.3 is 24.0 Å². The van der Waals surface area contributed by atoms with Crippen LogP contribution in [0, 0.1) is 11.2 Å². The van der Waals surface area contributed by atoms with Crippen LogP contribution >= 0.6 is 17.0 Å². The van der Waals surface area contributed by atoms with E-state index in [0.717, 1.165) is 42.9 Å². The molecule has 0 atom stereocenters. The Hall–Kier alpha value is -2.81. The van der Waals surface area contributed by atoms with Crippen LogP contribution in [0.2, 0.25) is 0 Å². The summed E-state index contributed by atoms with van der Waals surface area (Å²) < 4.78 is 32.4. The molecule has 0 aromatic heterocycles. The first-order valence-corrected chi connectivity index (χ1v) is 13.1. The second kappa shape index (κ2) is 11.9. The van der Waals surface area contributed by atoms with Crippen molar-refractivity contribution >= 4 is 34.3 Å². The summed E-state index contributed by atoms with van der Waals surface area (Å²) in [7, 11) is 1.68. The molecule has 0 saturated carbocycles. The Bertz CT molecular complexity index is 1210. The fraction of sp³-hybridized carbons (Fsp3) is 0.517. The zero-order chi connectivity index (χ0) is 26.9. The maximum absolute atomic E-state index is 15.4. The summed E-state index contributed by atoms with van der Waals surface area (Å²) in [6.45, 7) is 12.6. The number of hydrogen-bond acceptors (Lipinski definition) is 6. The maximum Gasteiger partial charge on any atom is 0.197 e. The molecule has 4 rings (SSSR count). The number of Topliss-reactive ketones (excluding diaryl/α,β-unsaturated/α-hetero) is 1. The molecular weight excluding hydrogens is 553 g/mol. The highest BCUT2D eigenvalue weighted by atomic mass is 79.9. The van der Waals surface area contributed by atoms with Gasteiger partial charge in [0, 0.05) is 30.8 Å². The number of benzene rings is 2. The second-order valence-electron chi connectivity index (χ2n) is 10.6. The van der Waals surface area contributed by atoms with E-state index in [-0.39, 0.29) is 65.0 Å². The topological polar surface area (TPSA) is 75.1 Å². The lowest BCUT2D eigenvalue weighted by Gasteiger charge is -2.29. The van der Waals surface area contributed by atoms with Crippen molar-refractivity contribution < 1.29 is 23.4 Å². The lowest BCUT2D eigenvalue weighted by Crippen LogP contribution is -2.31. The molecule has 2 aromatic carbocycles. The molecule has 7 nitrogen and oxygen atoms in total. The summed E-state index contributed by atoms with van der Waals surface area (Å²) in [5.41, 5.74) is 3.02. The number of nitrogens with zero attached hydrogens (tertiary/aromatic N) is 2. The monoisotopic (exact) mass is 591 g/mol. The van der Waals surface area contributed by atoms with Crippen molar-refractivity contribution in [2.24, 2.45) is 0 Å². The molecule has 0 aliphatic carbocycles. The van der Waals surface area contributed by atoms with Gasteiger partial charge in [0.05, 0.1) is 38.1 Å². The first-order chi connectivity index (χ1) is 17.6. The van der Waals surface area contributed by atoms with Crippen LogP contribution in [0.15, 0.2) is 18.2 Å². The first-order valence-electron chi connectivity index (χ1n) is 13.1. The number of nitrogens with one attached hydrogen (secondary N) is 1. The van der Waals surface area contributed by atoms with Crippen molar-refractivity contribution in [1.82, 2.24) is 4.90 Å². The van der Waals surface area contributed by atoms with Crippen LogP contribution in [0.4, 0.5) is 10.1 Å². The molecule has 0 radical (unpaired) electrons. The van der Waals surface area contributed by atoms with Crippen LogP contribution in [0.3, 0.4) is 0 Å². The molecule has 2 aromatic rings. The quantitative estimate of drug-likeness (QED) is 0.353. The zero-order valence-corrected chi connectivity index (χ0v) is 24.9. The molecule has 2 aliphatic rings. The number of ether oxygens (including phenoxy) is 3. The highest BCUT2D eigenvalue weighted by Crippen LogP contribution is 2.42. The van der Waals surface area contributed by atoms with Gasteiger partial charge in [0.25, 0.3) is 0 Å². The summed E-state index contributed by atoms with van der Waals surface area (Å²) in [4.78, 5) is 17.5. The predicted molar refractivity (Wildman–Crippen MR) is 154 cm³/mol. The zero-order valence-electron chi connectivity index (χ0n) is 23.2. The summed E-state index contributed by atoms with van der Waals surface area (Å²) in [6, 6.07) is 5.55. The molecule has 2 heterocycles. The van der Waals surface area contributed by atoms with E-state index in [1.54, 1.807) is 25.0 Å². The van der Waals surface area contributed by atoms with E-state index in [1.165, 1.54) is 0 Å². The highest BCUT2D eigenvalue weighted by Gasteiger charge is 2.34. The first kappa shape index (κ1) is 29.7. The Kier molecular flexibility index (Phi) is 9.34. The van der Waals surface area contributed by atoms with Crippen LogP contribution in [-0.2, 0) is 12.0 Å². The Balaban J connectivity index is 0.00000400. The minimum absolute atomic E-state index is 0. The van der Waals surface area contributed by atoms with Crippen LogP contribution in [0.25, 0.3) is 0 Å². The largest absolute Gasteiger partial charge is 0.494 e. The highest BCUT2D eigenvalue weighted by molar-refractivity contribution is 8.93. The molecule has 1 N–H and O–H groups in total. The molecular formula is C29H39BrFN3O4. The molecule has 1 fully saturated rings. The average Bonchev–Trinajstić information content (AvgIpc) is 3.49. The maximum atomic E-state index is 15.4. The summed E-state index contributed by atoms with van der Waals surface area (Å²) in [5, 5.41) is 8.68. The number of halogens is 2. The molecule has 0 bridgehead atoms. The minimum atomic E-state index is -0.612. The normalized spacial score (nSPS) is 14.9. The molecule has 2 aliphatic heterocycles. The summed E-state index contributed by atoms with van der Waals surface area (Å²) in [5.74, 6) is 0.388. The third-order valence-corrected chi connectivity index (χ3v) is 6.96. The van der Waals surface area contributed by atoms with E-state index in [2.05, 4.69) is 25.7 Å². The fourth-order valence-corrected chi connectivity index (χ4v) is 5.16. The third kappa shape index (κ3) is 5.63. The number of methoxy groups -OCH3 is 1. The van der Waals surface area contributed by atoms with E-state index < -0.39 is 5.82 Å². The van der Waals surface area contributed by atoms with E-state index >= 15 is 4.39 Å². The van der Waals surface area contributed by atoms with Crippen LogP contribution in [0.1, 0.15) is 74.5 Å². The van der Waals surface area contributed by atoms with Crippen LogP contribution < -0.4 is 19.1 Å². The van der Waals surface area contributed by atoms with Crippen molar-refractivity contribution in [3.05, 3.63) is 46.3 Å². The lowest BCUT2D eigenvalue weighted by molar-refractivity contribution is 0.0962. The van der Waals surface area contributed by atoms with Crippen molar-refractivity contribution in [2.45, 2.75) is 59.4 Å². The standard InChI is InChI=1S/C29H38FN3O4.BrH/c1-7-36-23-15-19-16-33(28(31)24(19)25(30)27(23)37-8-2)17-22(34)18-13-20(29(3,4)5)26(35-6)21(14-18)32-11-9-10-12-32;/h13-15,31H,7-12,16-17H2,1-6H3;1H. The van der Waals surface area contributed by atoms with Crippen LogP contribution in [-0.4, -0.2) is 56.5 Å². The Morgan fingerprint density at radius 2 is 1.71 bits per heavy atom. The molecule has 0 spiro atoms. The van der Waals surface area contributed by atoms with Gasteiger partial charge in [0.1, 0.15) is 11.6 Å². The summed E-state index contributed by atoms with van der Waals surface area (Å²) in [6.07, 6.45) is 2.21. The van der Waals surface area contributed by atoms with E-state index in [4.69, 9.17) is 19.6 Å². The van der Waals surface area contributed by atoms with Crippen molar-refractivity contribution in [3.8, 4) is 17.2 Å². The number of carbonyl (C=O) groups is 1. The number of anilines is 1. The van der Waals surface area contributed by atoms with Gasteiger partial charge in [-0.3, -0.25) is 10.2 Å². The fourth-order valence-electron chi connectivity index (χ4n) is 5.16. The van der Waals surface area contributed by atoms with E-state index in [0.29, 0.717) is 23.5 Å². The number of hydrogen-bond donors (Lipinski definition) is 1. The predicted octanol–water partition coefficient (Wildman–Crippen LogP) is 6.13. The molecule has 208 valence electrons. The van der Waals surface area contributed by atoms with Gasteiger partial charge in [-0.05, 0) is 55.9 Å². The van der Waals surface area contributed by atoms with Crippen molar-refractivity contribution in [2.75, 3.05) is 44.9 Å². The number of ketones is 1. The van der Waals surface area contributed by atoms with Crippen molar-refractivity contribution in [1.29, 1.82) is 5.41 Å². The summed E-state index contributed by atoms with van der Waals surface area (Å²) >= 11 is 0. The molecule has 0 amide bonds. The number of fused-ring (bicyclic) bond motifs is 1. The van der Waals surface area contributed by atoms with Gasteiger partial charge in [0.15, 0.2) is 23.1 Å². The molecule has 1 saturated heterocycles. The third-order valence-electron chi connectivity index (χ3n) is 6.96. The average molecular weight is 593 g/mol. The lowest BCUT2D eigenvalue weighted by atomic mass is 9.84. The number of amidine groups is 1. The molecule has 38 heavy (non-hydrogen) atoms. The van der Waals surface area contributed by atoms with E-state index in [9.17, 15) is 4.79 Å². The van der Waals surface area contributed by atoms with E-state index in [1.807, 2.05) is 19.1 Å². The van der Waals surface area contributed by atoms with Gasteiger partial charge in [-0.1, -0.05) is 20.8 Å². The molecule has 9 heteroatoms.